The summed E-state index contributed by atoms with van der Waals surface area (Å²) in [5.74, 6) is 0.864. The third-order valence-electron chi connectivity index (χ3n) is 5.32. The molecule has 0 aromatic rings. The molecule has 2 atom stereocenters. The lowest BCUT2D eigenvalue weighted by molar-refractivity contribution is -0.0703. The Kier molecular flexibility index (Phi) is 2.73. The molecule has 4 aliphatic rings. The van der Waals surface area contributed by atoms with E-state index in [2.05, 4.69) is 16.7 Å². The van der Waals surface area contributed by atoms with Crippen molar-refractivity contribution < 1.29 is 0 Å². The first-order chi connectivity index (χ1) is 7.76. The molecular formula is C13H25N3. The summed E-state index contributed by atoms with van der Waals surface area (Å²) < 4.78 is 0. The summed E-state index contributed by atoms with van der Waals surface area (Å²) in [6, 6.07) is 0.754. The first kappa shape index (κ1) is 11.0. The number of rotatable bonds is 2. The molecule has 0 radical (unpaired) electrons. The zero-order valence-electron chi connectivity index (χ0n) is 10.5. The van der Waals surface area contributed by atoms with E-state index in [1.807, 2.05) is 0 Å². The Morgan fingerprint density at radius 1 is 1.19 bits per heavy atom. The van der Waals surface area contributed by atoms with Crippen molar-refractivity contribution in [2.45, 2.75) is 44.2 Å². The number of likely N-dealkylation sites (tertiary alicyclic amines) is 1. The predicted octanol–water partition coefficient (Wildman–Crippen LogP) is 0.894. The molecule has 2 N–H and O–H groups in total. The van der Waals surface area contributed by atoms with Crippen LogP contribution in [0.4, 0.5) is 0 Å². The van der Waals surface area contributed by atoms with Gasteiger partial charge in [-0.1, -0.05) is 0 Å². The third kappa shape index (κ3) is 1.45. The van der Waals surface area contributed by atoms with Crippen LogP contribution in [0, 0.1) is 5.92 Å². The summed E-state index contributed by atoms with van der Waals surface area (Å²) in [7, 11) is 0. The van der Waals surface area contributed by atoms with Gasteiger partial charge >= 0.3 is 0 Å². The maximum Gasteiger partial charge on any atom is 0.0490 e. The average molecular weight is 223 g/mol. The number of fused-ring (bicyclic) bond motifs is 3. The minimum atomic E-state index is 0.326. The smallest absolute Gasteiger partial charge is 0.0490 e. The SMILES string of the molecule is CC1CCCN1C1(CN)CN2CCC1CC2. The molecule has 4 saturated heterocycles. The van der Waals surface area contributed by atoms with Crippen LogP contribution in [0.3, 0.4) is 0 Å². The maximum atomic E-state index is 6.20. The molecule has 4 fully saturated rings. The number of piperidine rings is 3. The highest BCUT2D eigenvalue weighted by Gasteiger charge is 2.51. The lowest BCUT2D eigenvalue weighted by atomic mass is 9.71. The fourth-order valence-corrected chi connectivity index (χ4v) is 4.41. The van der Waals surface area contributed by atoms with E-state index in [4.69, 9.17) is 5.73 Å². The van der Waals surface area contributed by atoms with Crippen molar-refractivity contribution in [2.75, 3.05) is 32.7 Å². The van der Waals surface area contributed by atoms with Gasteiger partial charge in [-0.25, -0.2) is 0 Å². The predicted molar refractivity (Wildman–Crippen MR) is 66.4 cm³/mol. The zero-order valence-corrected chi connectivity index (χ0v) is 10.5. The monoisotopic (exact) mass is 223 g/mol. The Balaban J connectivity index is 1.87. The van der Waals surface area contributed by atoms with Crippen LogP contribution in [0.2, 0.25) is 0 Å². The van der Waals surface area contributed by atoms with E-state index < -0.39 is 0 Å². The molecule has 3 nitrogen and oxygen atoms in total. The van der Waals surface area contributed by atoms with Crippen LogP contribution in [0.5, 0.6) is 0 Å². The van der Waals surface area contributed by atoms with Crippen molar-refractivity contribution in [3.63, 3.8) is 0 Å². The Morgan fingerprint density at radius 3 is 2.38 bits per heavy atom. The maximum absolute atomic E-state index is 6.20. The van der Waals surface area contributed by atoms with Crippen LogP contribution in [-0.2, 0) is 0 Å². The van der Waals surface area contributed by atoms with E-state index in [1.54, 1.807) is 0 Å². The second kappa shape index (κ2) is 3.97. The van der Waals surface area contributed by atoms with Crippen LogP contribution in [0.1, 0.15) is 32.6 Å². The molecule has 0 aromatic heterocycles. The van der Waals surface area contributed by atoms with Crippen molar-refractivity contribution in [1.29, 1.82) is 0 Å². The lowest BCUT2D eigenvalue weighted by Gasteiger charge is -2.58. The van der Waals surface area contributed by atoms with Crippen molar-refractivity contribution in [1.82, 2.24) is 9.80 Å². The zero-order chi connectivity index (χ0) is 11.2. The van der Waals surface area contributed by atoms with Crippen LogP contribution in [0.25, 0.3) is 0 Å². The van der Waals surface area contributed by atoms with Gasteiger partial charge in [0.2, 0.25) is 0 Å². The molecule has 2 bridgehead atoms. The third-order valence-corrected chi connectivity index (χ3v) is 5.32. The molecule has 0 aromatic carbocycles. The van der Waals surface area contributed by atoms with Crippen molar-refractivity contribution >= 4 is 0 Å². The molecule has 3 heteroatoms. The molecular weight excluding hydrogens is 198 g/mol. The van der Waals surface area contributed by atoms with E-state index in [0.717, 1.165) is 18.5 Å². The fraction of sp³-hybridized carbons (Fsp3) is 1.00. The molecule has 2 unspecified atom stereocenters. The van der Waals surface area contributed by atoms with Gasteiger partial charge in [-0.05, 0) is 58.2 Å². The van der Waals surface area contributed by atoms with Gasteiger partial charge in [-0.15, -0.1) is 0 Å². The summed E-state index contributed by atoms with van der Waals surface area (Å²) in [6.45, 7) is 8.39. The van der Waals surface area contributed by atoms with E-state index in [1.165, 1.54) is 51.9 Å². The van der Waals surface area contributed by atoms with Crippen LogP contribution >= 0.6 is 0 Å². The quantitative estimate of drug-likeness (QED) is 0.755. The number of nitrogens with two attached hydrogens (primary N) is 1. The second-order valence-corrected chi connectivity index (χ2v) is 6.04. The number of hydrogen-bond acceptors (Lipinski definition) is 3. The summed E-state index contributed by atoms with van der Waals surface area (Å²) >= 11 is 0. The summed E-state index contributed by atoms with van der Waals surface area (Å²) in [6.07, 6.45) is 5.49. The second-order valence-electron chi connectivity index (χ2n) is 6.04. The molecule has 0 saturated carbocycles. The summed E-state index contributed by atoms with van der Waals surface area (Å²) in [5, 5.41) is 0. The Hall–Kier alpha value is -0.120. The van der Waals surface area contributed by atoms with Gasteiger partial charge in [0.05, 0.1) is 0 Å². The molecule has 4 heterocycles. The van der Waals surface area contributed by atoms with E-state index in [9.17, 15) is 0 Å². The number of hydrogen-bond donors (Lipinski definition) is 1. The van der Waals surface area contributed by atoms with Gasteiger partial charge in [-0.2, -0.15) is 0 Å². The first-order valence-electron chi connectivity index (χ1n) is 6.95. The molecule has 0 amide bonds. The molecule has 0 spiro atoms. The lowest BCUT2D eigenvalue weighted by Crippen LogP contribution is -2.70. The molecule has 4 aliphatic heterocycles. The molecule has 16 heavy (non-hydrogen) atoms. The Bertz CT molecular complexity index is 260. The minimum Gasteiger partial charge on any atom is -0.329 e. The Labute approximate surface area is 99.0 Å². The highest BCUT2D eigenvalue weighted by molar-refractivity contribution is 5.08. The fourth-order valence-electron chi connectivity index (χ4n) is 4.41. The van der Waals surface area contributed by atoms with Crippen molar-refractivity contribution in [3.05, 3.63) is 0 Å². The van der Waals surface area contributed by atoms with E-state index in [-0.39, 0.29) is 0 Å². The first-order valence-corrected chi connectivity index (χ1v) is 6.95. The standard InChI is InChI=1S/C13H25N3/c1-11-3-2-6-16(11)13(9-14)10-15-7-4-12(13)5-8-15/h11-12H,2-10,14H2,1H3. The minimum absolute atomic E-state index is 0.326. The Morgan fingerprint density at radius 2 is 1.94 bits per heavy atom. The van der Waals surface area contributed by atoms with Gasteiger partial charge in [0.1, 0.15) is 0 Å². The van der Waals surface area contributed by atoms with Gasteiger partial charge < -0.3 is 10.6 Å². The number of nitrogens with zero attached hydrogens (tertiary/aromatic N) is 2. The van der Waals surface area contributed by atoms with Crippen molar-refractivity contribution in [2.24, 2.45) is 11.7 Å². The highest BCUT2D eigenvalue weighted by atomic mass is 15.3. The topological polar surface area (TPSA) is 32.5 Å². The van der Waals surface area contributed by atoms with Crippen molar-refractivity contribution in [3.8, 4) is 0 Å². The van der Waals surface area contributed by atoms with Gasteiger partial charge in [0.25, 0.3) is 0 Å². The van der Waals surface area contributed by atoms with Crippen LogP contribution in [0.15, 0.2) is 0 Å². The largest absolute Gasteiger partial charge is 0.329 e. The highest BCUT2D eigenvalue weighted by Crippen LogP contribution is 2.42. The van der Waals surface area contributed by atoms with E-state index >= 15 is 0 Å². The molecule has 4 rings (SSSR count). The molecule has 92 valence electrons. The normalized spacial score (nSPS) is 48.8. The average Bonchev–Trinajstić information content (AvgIpc) is 2.77. The van der Waals surface area contributed by atoms with Crippen LogP contribution < -0.4 is 5.73 Å². The van der Waals surface area contributed by atoms with Crippen LogP contribution in [-0.4, -0.2) is 54.1 Å². The summed E-state index contributed by atoms with van der Waals surface area (Å²) in [5.41, 5.74) is 6.52. The van der Waals surface area contributed by atoms with Gasteiger partial charge in [0.15, 0.2) is 0 Å². The van der Waals surface area contributed by atoms with Gasteiger partial charge in [0, 0.05) is 24.7 Å². The summed E-state index contributed by atoms with van der Waals surface area (Å²) in [4.78, 5) is 5.39. The molecule has 0 aliphatic carbocycles. The van der Waals surface area contributed by atoms with E-state index in [0.29, 0.717) is 5.54 Å². The van der Waals surface area contributed by atoms with Gasteiger partial charge in [-0.3, -0.25) is 4.90 Å².